The molecule has 0 saturated heterocycles. The lowest BCUT2D eigenvalue weighted by Gasteiger charge is -2.22. The van der Waals surface area contributed by atoms with Gasteiger partial charge in [0, 0.05) is 23.6 Å². The van der Waals surface area contributed by atoms with Crippen LogP contribution in [0.15, 0.2) is 48.5 Å². The van der Waals surface area contributed by atoms with Crippen LogP contribution in [-0.2, 0) is 10.3 Å². The Bertz CT molecular complexity index is 1530. The molecule has 11 heteroatoms. The number of benzene rings is 2. The zero-order valence-electron chi connectivity index (χ0n) is 20.0. The molecule has 2 aromatic carbocycles. The number of pyridine rings is 1. The van der Waals surface area contributed by atoms with E-state index in [4.69, 9.17) is 33.7 Å². The molecule has 0 spiro atoms. The van der Waals surface area contributed by atoms with Crippen LogP contribution in [-0.4, -0.2) is 21.8 Å². The van der Waals surface area contributed by atoms with Gasteiger partial charge in [-0.15, -0.1) is 0 Å². The monoisotopic (exact) mass is 555 g/mol. The Labute approximate surface area is 227 Å². The summed E-state index contributed by atoms with van der Waals surface area (Å²) in [6.07, 6.45) is 1.84. The summed E-state index contributed by atoms with van der Waals surface area (Å²) in [4.78, 5) is 34.6. The van der Waals surface area contributed by atoms with Gasteiger partial charge in [0.1, 0.15) is 16.1 Å². The lowest BCUT2D eigenvalue weighted by atomic mass is 9.93. The molecule has 1 aliphatic carbocycles. The minimum atomic E-state index is -0.714. The maximum absolute atomic E-state index is 13.0. The summed E-state index contributed by atoms with van der Waals surface area (Å²) in [7, 11) is 0. The van der Waals surface area contributed by atoms with Crippen molar-refractivity contribution in [3.05, 3.63) is 69.7 Å². The van der Waals surface area contributed by atoms with E-state index >= 15 is 0 Å². The number of nitrogens with one attached hydrogen (secondary N) is 2. The number of nitrogens with two attached hydrogens (primary N) is 1. The third kappa shape index (κ3) is 5.70. The lowest BCUT2D eigenvalue weighted by molar-refractivity contribution is -0.117. The number of fused-ring (bicyclic) bond motifs is 1. The summed E-state index contributed by atoms with van der Waals surface area (Å²) in [5.74, 6) is 0.398. The van der Waals surface area contributed by atoms with Crippen molar-refractivity contribution in [1.29, 1.82) is 0 Å². The van der Waals surface area contributed by atoms with Crippen LogP contribution >= 0.6 is 34.5 Å². The number of halogens is 2. The number of hydrogen-bond donors (Lipinski definition) is 3. The topological polar surface area (TPSA) is 119 Å². The van der Waals surface area contributed by atoms with E-state index in [1.54, 1.807) is 48.5 Å². The molecule has 2 amide bonds. The molecule has 0 aliphatic heterocycles. The Hall–Kier alpha value is -3.24. The highest BCUT2D eigenvalue weighted by Gasteiger charge is 2.30. The summed E-state index contributed by atoms with van der Waals surface area (Å²) >= 11 is 14.1. The fourth-order valence-corrected chi connectivity index (χ4v) is 5.10. The molecule has 4 N–H and O–H groups in total. The predicted octanol–water partition coefficient (Wildman–Crippen LogP) is 6.59. The maximum Gasteiger partial charge on any atom is 0.257 e. The number of anilines is 2. The molecule has 0 bridgehead atoms. The smallest absolute Gasteiger partial charge is 0.257 e. The van der Waals surface area contributed by atoms with E-state index in [2.05, 4.69) is 20.6 Å². The Morgan fingerprint density at radius 1 is 1.08 bits per heavy atom. The first kappa shape index (κ1) is 25.4. The van der Waals surface area contributed by atoms with Gasteiger partial charge in [-0.1, -0.05) is 46.7 Å². The average Bonchev–Trinajstić information content (AvgIpc) is 3.61. The molecule has 37 heavy (non-hydrogen) atoms. The zero-order valence-corrected chi connectivity index (χ0v) is 22.3. The second kappa shape index (κ2) is 9.90. The van der Waals surface area contributed by atoms with Gasteiger partial charge in [0.25, 0.3) is 5.91 Å². The minimum absolute atomic E-state index is 0.00831. The molecular formula is C26H23Cl2N5O3S. The number of nitrogens with zero attached hydrogens (tertiary/aromatic N) is 2. The van der Waals surface area contributed by atoms with Crippen LogP contribution in [0.3, 0.4) is 0 Å². The van der Waals surface area contributed by atoms with E-state index < -0.39 is 11.4 Å². The van der Waals surface area contributed by atoms with Crippen LogP contribution in [0.5, 0.6) is 11.6 Å². The number of amides is 2. The van der Waals surface area contributed by atoms with Gasteiger partial charge in [-0.25, -0.2) is 9.97 Å². The Morgan fingerprint density at radius 2 is 1.86 bits per heavy atom. The highest BCUT2D eigenvalue weighted by atomic mass is 35.5. The number of rotatable bonds is 7. The predicted molar refractivity (Wildman–Crippen MR) is 147 cm³/mol. The number of hydrogen-bond acceptors (Lipinski definition) is 7. The van der Waals surface area contributed by atoms with E-state index in [-0.39, 0.29) is 22.4 Å². The van der Waals surface area contributed by atoms with Crippen molar-refractivity contribution in [3.63, 3.8) is 0 Å². The SMILES string of the molecule is CC(C)(N)c1cccc(C(=O)Nc2cc(Oc3ccc4nc(NC(=O)C5CC5)sc4n3)ccc2Cl)c1Cl. The standard InChI is InChI=1S/C26H23Cl2N5O3S/c1-26(2,29)16-5-3-4-15(21(16)28)23(35)30-19-12-14(8-9-17(19)27)36-20-11-10-18-24(32-20)37-25(31-18)33-22(34)13-6-7-13/h3-5,8-13H,6-7,29H2,1-2H3,(H,30,35)(H,31,33,34). The number of ether oxygens (including phenoxy) is 1. The summed E-state index contributed by atoms with van der Waals surface area (Å²) in [6, 6.07) is 13.5. The highest BCUT2D eigenvalue weighted by molar-refractivity contribution is 7.21. The van der Waals surface area contributed by atoms with E-state index in [0.29, 0.717) is 43.4 Å². The van der Waals surface area contributed by atoms with Gasteiger partial charge in [0.15, 0.2) is 5.13 Å². The fourth-order valence-electron chi connectivity index (χ4n) is 3.64. The van der Waals surface area contributed by atoms with Gasteiger partial charge in [-0.2, -0.15) is 0 Å². The molecule has 1 aliphatic rings. The summed E-state index contributed by atoms with van der Waals surface area (Å²) in [5.41, 5.74) is 7.42. The van der Waals surface area contributed by atoms with Gasteiger partial charge in [-0.05, 0) is 56.5 Å². The fraction of sp³-hybridized carbons (Fsp3) is 0.231. The van der Waals surface area contributed by atoms with Gasteiger partial charge in [0.05, 0.1) is 21.3 Å². The number of thiazole rings is 1. The Morgan fingerprint density at radius 3 is 2.59 bits per heavy atom. The molecule has 190 valence electrons. The van der Waals surface area contributed by atoms with E-state index in [9.17, 15) is 9.59 Å². The molecule has 4 aromatic rings. The molecule has 2 aromatic heterocycles. The number of aromatic nitrogens is 2. The Kier molecular flexibility index (Phi) is 6.80. The average molecular weight is 556 g/mol. The molecule has 1 saturated carbocycles. The largest absolute Gasteiger partial charge is 0.439 e. The third-order valence-electron chi connectivity index (χ3n) is 5.75. The van der Waals surface area contributed by atoms with Crippen molar-refractivity contribution in [2.75, 3.05) is 10.6 Å². The van der Waals surface area contributed by atoms with Crippen molar-refractivity contribution >= 4 is 67.5 Å². The van der Waals surface area contributed by atoms with Crippen molar-refractivity contribution in [3.8, 4) is 11.6 Å². The molecular weight excluding hydrogens is 533 g/mol. The molecule has 8 nitrogen and oxygen atoms in total. The van der Waals surface area contributed by atoms with Gasteiger partial charge < -0.3 is 21.1 Å². The molecule has 2 heterocycles. The van der Waals surface area contributed by atoms with Crippen LogP contribution in [0.2, 0.25) is 10.0 Å². The third-order valence-corrected chi connectivity index (χ3v) is 7.37. The second-order valence-corrected chi connectivity index (χ2v) is 11.1. The van der Waals surface area contributed by atoms with Crippen molar-refractivity contribution in [2.24, 2.45) is 11.7 Å². The molecule has 0 unspecified atom stereocenters. The molecule has 0 atom stereocenters. The number of carbonyl (C=O) groups excluding carboxylic acids is 2. The van der Waals surface area contributed by atoms with Crippen molar-refractivity contribution in [2.45, 2.75) is 32.2 Å². The van der Waals surface area contributed by atoms with Crippen molar-refractivity contribution < 1.29 is 14.3 Å². The lowest BCUT2D eigenvalue weighted by Crippen LogP contribution is -2.29. The summed E-state index contributed by atoms with van der Waals surface area (Å²) in [5, 5.41) is 6.75. The van der Waals surface area contributed by atoms with Gasteiger partial charge >= 0.3 is 0 Å². The van der Waals surface area contributed by atoms with Gasteiger partial charge in [0.2, 0.25) is 11.8 Å². The zero-order chi connectivity index (χ0) is 26.3. The first-order valence-electron chi connectivity index (χ1n) is 11.5. The van der Waals surface area contributed by atoms with Crippen molar-refractivity contribution in [1.82, 2.24) is 9.97 Å². The normalized spacial score (nSPS) is 13.4. The van der Waals surface area contributed by atoms with Crippen LogP contribution in [0.4, 0.5) is 10.8 Å². The molecule has 5 rings (SSSR count). The number of carbonyl (C=O) groups is 2. The van der Waals surface area contributed by atoms with Crippen LogP contribution in [0.1, 0.15) is 42.6 Å². The van der Waals surface area contributed by atoms with E-state index in [1.807, 2.05) is 13.8 Å². The van der Waals surface area contributed by atoms with E-state index in [0.717, 1.165) is 12.8 Å². The quantitative estimate of drug-likeness (QED) is 0.237. The van der Waals surface area contributed by atoms with Crippen LogP contribution < -0.4 is 21.1 Å². The maximum atomic E-state index is 13.0. The van der Waals surface area contributed by atoms with Gasteiger partial charge in [-0.3, -0.25) is 9.59 Å². The van der Waals surface area contributed by atoms with E-state index in [1.165, 1.54) is 11.3 Å². The highest BCUT2D eigenvalue weighted by Crippen LogP contribution is 2.35. The summed E-state index contributed by atoms with van der Waals surface area (Å²) in [6.45, 7) is 3.63. The second-order valence-electron chi connectivity index (χ2n) is 9.34. The first-order valence-corrected chi connectivity index (χ1v) is 13.1. The van der Waals surface area contributed by atoms with Crippen LogP contribution in [0, 0.1) is 5.92 Å². The summed E-state index contributed by atoms with van der Waals surface area (Å²) < 4.78 is 5.92. The van der Waals surface area contributed by atoms with Crippen LogP contribution in [0.25, 0.3) is 10.3 Å². The molecule has 0 radical (unpaired) electrons. The Balaban J connectivity index is 1.33. The molecule has 1 fully saturated rings. The minimum Gasteiger partial charge on any atom is -0.439 e. The first-order chi connectivity index (χ1) is 17.6.